The molecule has 7 heteroatoms. The van der Waals surface area contributed by atoms with Crippen molar-refractivity contribution in [2.75, 3.05) is 11.9 Å². The number of nitrogens with one attached hydrogen (secondary N) is 2. The zero-order chi connectivity index (χ0) is 15.7. The first-order valence-electron chi connectivity index (χ1n) is 7.52. The molecule has 0 spiro atoms. The zero-order valence-corrected chi connectivity index (χ0v) is 12.0. The van der Waals surface area contributed by atoms with Crippen LogP contribution in [0.1, 0.15) is 30.4 Å². The summed E-state index contributed by atoms with van der Waals surface area (Å²) in [5.41, 5.74) is 2.35. The van der Waals surface area contributed by atoms with Gasteiger partial charge in [-0.05, 0) is 55.8 Å². The van der Waals surface area contributed by atoms with E-state index >= 15 is 0 Å². The van der Waals surface area contributed by atoms with Gasteiger partial charge in [-0.3, -0.25) is 4.79 Å². The number of anilines is 1. The molecule has 22 heavy (non-hydrogen) atoms. The number of carbonyl (C=O) groups is 1. The van der Waals surface area contributed by atoms with Crippen LogP contribution in [0.2, 0.25) is 0 Å². The van der Waals surface area contributed by atoms with Gasteiger partial charge >= 0.3 is 6.18 Å². The summed E-state index contributed by atoms with van der Waals surface area (Å²) in [7, 11) is 0. The van der Waals surface area contributed by atoms with Gasteiger partial charge in [0.05, 0.1) is 12.0 Å². The topological polar surface area (TPSA) is 54.0 Å². The molecule has 2 atom stereocenters. The quantitative estimate of drug-likeness (QED) is 0.882. The summed E-state index contributed by atoms with van der Waals surface area (Å²) >= 11 is 0. The predicted octanol–water partition coefficient (Wildman–Crippen LogP) is 2.44. The molecule has 2 aliphatic rings. The van der Waals surface area contributed by atoms with Crippen LogP contribution < -0.4 is 10.6 Å². The maximum absolute atomic E-state index is 12.8. The molecule has 0 radical (unpaired) electrons. The first-order chi connectivity index (χ1) is 10.4. The Morgan fingerprint density at radius 3 is 2.86 bits per heavy atom. The standard InChI is InChI=1S/C15H18F3N3O/c16-15(17,18)11-4-5-19-12(7-11)14(22)21-13-6-9-2-1-3-10(9)8-20-13/h6,8,11-12,19H,1-5,7H2,(H,20,21,22). The van der Waals surface area contributed by atoms with Crippen LogP contribution in [0, 0.1) is 5.92 Å². The summed E-state index contributed by atoms with van der Waals surface area (Å²) in [5.74, 6) is -1.45. The van der Waals surface area contributed by atoms with E-state index in [-0.39, 0.29) is 19.4 Å². The average molecular weight is 313 g/mol. The van der Waals surface area contributed by atoms with Gasteiger partial charge in [0, 0.05) is 6.20 Å². The van der Waals surface area contributed by atoms with Crippen molar-refractivity contribution in [1.29, 1.82) is 0 Å². The molecule has 2 heterocycles. The number of piperidine rings is 1. The molecule has 1 aliphatic carbocycles. The molecule has 0 saturated carbocycles. The number of aryl methyl sites for hydroxylation is 2. The Hall–Kier alpha value is -1.63. The van der Waals surface area contributed by atoms with Gasteiger partial charge in [-0.2, -0.15) is 13.2 Å². The Labute approximate surface area is 126 Å². The maximum Gasteiger partial charge on any atom is 0.391 e. The van der Waals surface area contributed by atoms with Gasteiger partial charge < -0.3 is 10.6 Å². The van der Waals surface area contributed by atoms with Gasteiger partial charge in [-0.1, -0.05) is 0 Å². The minimum Gasteiger partial charge on any atom is -0.309 e. The van der Waals surface area contributed by atoms with Crippen LogP contribution >= 0.6 is 0 Å². The summed E-state index contributed by atoms with van der Waals surface area (Å²) in [6.07, 6.45) is 0.320. The smallest absolute Gasteiger partial charge is 0.309 e. The molecule has 0 aromatic carbocycles. The third-order valence-electron chi connectivity index (χ3n) is 4.41. The fraction of sp³-hybridized carbons (Fsp3) is 0.600. The van der Waals surface area contributed by atoms with Crippen LogP contribution in [0.15, 0.2) is 12.3 Å². The number of carbonyl (C=O) groups excluding carboxylic acids is 1. The highest BCUT2D eigenvalue weighted by Crippen LogP contribution is 2.34. The number of hydrogen-bond acceptors (Lipinski definition) is 3. The van der Waals surface area contributed by atoms with E-state index in [2.05, 4.69) is 15.6 Å². The fourth-order valence-corrected chi connectivity index (χ4v) is 3.15. The van der Waals surface area contributed by atoms with Crippen molar-refractivity contribution in [3.05, 3.63) is 23.4 Å². The second kappa shape index (κ2) is 5.87. The second-order valence-corrected chi connectivity index (χ2v) is 5.95. The Balaban J connectivity index is 1.64. The van der Waals surface area contributed by atoms with E-state index < -0.39 is 24.0 Å². The van der Waals surface area contributed by atoms with Gasteiger partial charge in [-0.15, -0.1) is 0 Å². The lowest BCUT2D eigenvalue weighted by Crippen LogP contribution is -2.49. The van der Waals surface area contributed by atoms with Crippen LogP contribution in [-0.4, -0.2) is 29.7 Å². The summed E-state index contributed by atoms with van der Waals surface area (Å²) in [6.45, 7) is 0.194. The van der Waals surface area contributed by atoms with Crippen LogP contribution in [-0.2, 0) is 17.6 Å². The molecule has 1 amide bonds. The molecule has 1 aliphatic heterocycles. The number of alkyl halides is 3. The number of rotatable bonds is 2. The normalized spacial score (nSPS) is 24.9. The number of fused-ring (bicyclic) bond motifs is 1. The molecule has 1 aromatic rings. The van der Waals surface area contributed by atoms with Gasteiger partial charge in [0.15, 0.2) is 0 Å². The highest BCUT2D eigenvalue weighted by atomic mass is 19.4. The molecule has 120 valence electrons. The van der Waals surface area contributed by atoms with Gasteiger partial charge in [0.2, 0.25) is 5.91 Å². The lowest BCUT2D eigenvalue weighted by molar-refractivity contribution is -0.183. The number of nitrogens with zero attached hydrogens (tertiary/aromatic N) is 1. The first kappa shape index (κ1) is 15.3. The minimum atomic E-state index is -4.24. The second-order valence-electron chi connectivity index (χ2n) is 5.95. The molecule has 4 nitrogen and oxygen atoms in total. The minimum absolute atomic E-state index is 0.0182. The Kier molecular flexibility index (Phi) is 4.08. The first-order valence-corrected chi connectivity index (χ1v) is 7.52. The summed E-state index contributed by atoms with van der Waals surface area (Å²) < 4.78 is 38.3. The molecular weight excluding hydrogens is 295 g/mol. The molecule has 1 fully saturated rings. The van der Waals surface area contributed by atoms with Crippen molar-refractivity contribution in [1.82, 2.24) is 10.3 Å². The fourth-order valence-electron chi connectivity index (χ4n) is 3.15. The van der Waals surface area contributed by atoms with Gasteiger partial charge in [-0.25, -0.2) is 4.98 Å². The molecule has 0 bridgehead atoms. The van der Waals surface area contributed by atoms with E-state index in [1.54, 1.807) is 6.20 Å². The van der Waals surface area contributed by atoms with Crippen molar-refractivity contribution in [3.8, 4) is 0 Å². The maximum atomic E-state index is 12.8. The van der Waals surface area contributed by atoms with Crippen molar-refractivity contribution >= 4 is 11.7 Å². The Bertz CT molecular complexity index is 574. The summed E-state index contributed by atoms with van der Waals surface area (Å²) in [4.78, 5) is 16.3. The predicted molar refractivity (Wildman–Crippen MR) is 75.5 cm³/mol. The highest BCUT2D eigenvalue weighted by molar-refractivity contribution is 5.94. The van der Waals surface area contributed by atoms with Crippen molar-refractivity contribution in [2.24, 2.45) is 5.92 Å². The number of amides is 1. The van der Waals surface area contributed by atoms with E-state index in [9.17, 15) is 18.0 Å². The van der Waals surface area contributed by atoms with Crippen molar-refractivity contribution in [3.63, 3.8) is 0 Å². The number of pyridine rings is 1. The molecule has 1 saturated heterocycles. The van der Waals surface area contributed by atoms with E-state index in [4.69, 9.17) is 0 Å². The van der Waals surface area contributed by atoms with E-state index in [1.165, 1.54) is 5.56 Å². The monoisotopic (exact) mass is 313 g/mol. The highest BCUT2D eigenvalue weighted by Gasteiger charge is 2.43. The van der Waals surface area contributed by atoms with E-state index in [1.807, 2.05) is 6.07 Å². The van der Waals surface area contributed by atoms with Gasteiger partial charge in [0.25, 0.3) is 0 Å². The van der Waals surface area contributed by atoms with Crippen LogP contribution in [0.25, 0.3) is 0 Å². The van der Waals surface area contributed by atoms with E-state index in [0.717, 1.165) is 24.8 Å². The lowest BCUT2D eigenvalue weighted by Gasteiger charge is -2.30. The average Bonchev–Trinajstić information content (AvgIpc) is 2.94. The largest absolute Gasteiger partial charge is 0.391 e. The van der Waals surface area contributed by atoms with Crippen molar-refractivity contribution in [2.45, 2.75) is 44.3 Å². The van der Waals surface area contributed by atoms with Crippen LogP contribution in [0.3, 0.4) is 0 Å². The molecule has 1 aromatic heterocycles. The Morgan fingerprint density at radius 2 is 2.09 bits per heavy atom. The van der Waals surface area contributed by atoms with Crippen molar-refractivity contribution < 1.29 is 18.0 Å². The van der Waals surface area contributed by atoms with Crippen LogP contribution in [0.4, 0.5) is 19.0 Å². The third-order valence-corrected chi connectivity index (χ3v) is 4.41. The molecular formula is C15H18F3N3O. The SMILES string of the molecule is O=C(Nc1cc2c(cn1)CCC2)C1CC(C(F)(F)F)CCN1. The summed E-state index contributed by atoms with van der Waals surface area (Å²) in [6, 6.07) is 1.00. The van der Waals surface area contributed by atoms with Crippen LogP contribution in [0.5, 0.6) is 0 Å². The summed E-state index contributed by atoms with van der Waals surface area (Å²) in [5, 5.41) is 5.49. The molecule has 3 rings (SSSR count). The number of aromatic nitrogens is 1. The molecule has 2 N–H and O–H groups in total. The lowest BCUT2D eigenvalue weighted by atomic mass is 9.91. The number of halogens is 3. The van der Waals surface area contributed by atoms with Gasteiger partial charge in [0.1, 0.15) is 5.82 Å². The third kappa shape index (κ3) is 3.24. The Morgan fingerprint density at radius 1 is 1.32 bits per heavy atom. The van der Waals surface area contributed by atoms with E-state index in [0.29, 0.717) is 5.82 Å². The zero-order valence-electron chi connectivity index (χ0n) is 12.0. The molecule has 2 unspecified atom stereocenters. The number of hydrogen-bond donors (Lipinski definition) is 2.